The minimum Gasteiger partial charge on any atom is -0.493 e. The highest BCUT2D eigenvalue weighted by Gasteiger charge is 2.37. The van der Waals surface area contributed by atoms with Crippen LogP contribution in [0.1, 0.15) is 18.3 Å². The van der Waals surface area contributed by atoms with Crippen molar-refractivity contribution in [1.29, 1.82) is 0 Å². The maximum Gasteiger partial charge on any atom is 0.264 e. The van der Waals surface area contributed by atoms with E-state index in [0.29, 0.717) is 28.1 Å². The molecule has 0 saturated heterocycles. The Kier molecular flexibility index (Phi) is 7.35. The van der Waals surface area contributed by atoms with E-state index in [-0.39, 0.29) is 6.61 Å². The van der Waals surface area contributed by atoms with Crippen LogP contribution in [0.4, 0.5) is 5.69 Å². The number of nitrogens with zero attached hydrogens (tertiary/aromatic N) is 1. The van der Waals surface area contributed by atoms with Gasteiger partial charge in [-0.1, -0.05) is 0 Å². The Bertz CT molecular complexity index is 812. The summed E-state index contributed by atoms with van der Waals surface area (Å²) in [5.74, 6) is -0.280. The third-order valence-electron chi connectivity index (χ3n) is 4.35. The normalized spacial score (nSPS) is 14.1. The lowest BCUT2D eigenvalue weighted by atomic mass is 10.2. The third kappa shape index (κ3) is 4.27. The van der Waals surface area contributed by atoms with Crippen molar-refractivity contribution in [3.63, 3.8) is 0 Å². The summed E-state index contributed by atoms with van der Waals surface area (Å²) in [7, 11) is 4.66. The van der Waals surface area contributed by atoms with Crippen LogP contribution in [-0.2, 0) is 9.09 Å². The van der Waals surface area contributed by atoms with Crippen molar-refractivity contribution in [2.24, 2.45) is 0 Å². The number of rotatable bonds is 9. The maximum absolute atomic E-state index is 13.8. The van der Waals surface area contributed by atoms with E-state index in [1.807, 2.05) is 31.1 Å². The molecule has 0 radical (unpaired) electrons. The van der Waals surface area contributed by atoms with E-state index in [2.05, 4.69) is 0 Å². The molecule has 0 amide bonds. The summed E-state index contributed by atoms with van der Waals surface area (Å²) in [6, 6.07) is 10.3. The summed E-state index contributed by atoms with van der Waals surface area (Å²) >= 11 is 0. The smallest absolute Gasteiger partial charge is 0.264 e. The molecule has 2 aromatic rings. The SMILES string of the molecule is CCO[P@@](=O)(c1ccc(N(C)C)cc1)[C@H](O)c1cc(OC)c(OC)c(OC)c1. The number of aliphatic hydroxyl groups is 1. The molecule has 2 atom stereocenters. The Balaban J connectivity index is 2.55. The van der Waals surface area contributed by atoms with Gasteiger partial charge in [0.25, 0.3) is 7.37 Å². The van der Waals surface area contributed by atoms with Gasteiger partial charge >= 0.3 is 0 Å². The van der Waals surface area contributed by atoms with Crippen LogP contribution < -0.4 is 24.4 Å². The van der Waals surface area contributed by atoms with Gasteiger partial charge in [0.1, 0.15) is 0 Å². The Morgan fingerprint density at radius 1 is 1.00 bits per heavy atom. The number of anilines is 1. The van der Waals surface area contributed by atoms with Gasteiger partial charge in [-0.15, -0.1) is 0 Å². The van der Waals surface area contributed by atoms with Gasteiger partial charge in [-0.05, 0) is 48.9 Å². The second-order valence-corrected chi connectivity index (χ2v) is 8.72. The van der Waals surface area contributed by atoms with E-state index in [1.54, 1.807) is 31.2 Å². The minimum atomic E-state index is -3.63. The first-order valence-corrected chi connectivity index (χ1v) is 10.5. The molecule has 1 N–H and O–H groups in total. The van der Waals surface area contributed by atoms with Crippen molar-refractivity contribution in [2.75, 3.05) is 46.9 Å². The first-order chi connectivity index (χ1) is 13.3. The van der Waals surface area contributed by atoms with E-state index in [0.717, 1.165) is 5.69 Å². The fourth-order valence-corrected chi connectivity index (χ4v) is 4.95. The molecule has 8 heteroatoms. The standard InChI is InChI=1S/C20H28NO6P/c1-7-27-28(23,16-10-8-15(9-11-16)21(2)3)20(22)14-12-17(24-4)19(26-6)18(13-14)25-5/h8-13,20,22H,7H2,1-6H3/t20-,28-/m0/s1. The number of ether oxygens (including phenoxy) is 3. The zero-order chi connectivity index (χ0) is 20.9. The molecule has 0 aliphatic rings. The summed E-state index contributed by atoms with van der Waals surface area (Å²) in [5, 5.41) is 11.5. The van der Waals surface area contributed by atoms with Gasteiger partial charge in [-0.3, -0.25) is 4.57 Å². The lowest BCUT2D eigenvalue weighted by Crippen LogP contribution is -2.16. The fourth-order valence-electron chi connectivity index (χ4n) is 2.88. The number of hydrogen-bond acceptors (Lipinski definition) is 7. The van der Waals surface area contributed by atoms with Gasteiger partial charge in [0.2, 0.25) is 5.75 Å². The first-order valence-electron chi connectivity index (χ1n) is 8.82. The monoisotopic (exact) mass is 409 g/mol. The Hall–Kier alpha value is -2.21. The van der Waals surface area contributed by atoms with E-state index >= 15 is 0 Å². The molecule has 0 bridgehead atoms. The second kappa shape index (κ2) is 9.32. The molecular weight excluding hydrogens is 381 g/mol. The van der Waals surface area contributed by atoms with Crippen LogP contribution in [0.25, 0.3) is 0 Å². The lowest BCUT2D eigenvalue weighted by Gasteiger charge is -2.25. The van der Waals surface area contributed by atoms with Gasteiger partial charge < -0.3 is 28.7 Å². The van der Waals surface area contributed by atoms with Crippen LogP contribution in [0.2, 0.25) is 0 Å². The molecule has 7 nitrogen and oxygen atoms in total. The quantitative estimate of drug-likeness (QED) is 0.636. The van der Waals surface area contributed by atoms with Crippen molar-refractivity contribution in [1.82, 2.24) is 0 Å². The van der Waals surface area contributed by atoms with Crippen LogP contribution >= 0.6 is 7.37 Å². The van der Waals surface area contributed by atoms with Crippen LogP contribution in [0, 0.1) is 0 Å². The van der Waals surface area contributed by atoms with Crippen molar-refractivity contribution in [3.8, 4) is 17.2 Å². The van der Waals surface area contributed by atoms with E-state index < -0.39 is 13.2 Å². The predicted octanol–water partition coefficient (Wildman–Crippen LogP) is 3.41. The number of benzene rings is 2. The maximum atomic E-state index is 13.8. The Morgan fingerprint density at radius 2 is 1.54 bits per heavy atom. The topological polar surface area (TPSA) is 77.5 Å². The molecule has 2 rings (SSSR count). The molecule has 154 valence electrons. The summed E-state index contributed by atoms with van der Waals surface area (Å²) in [6.07, 6.45) is 0. The highest BCUT2D eigenvalue weighted by atomic mass is 31.2. The highest BCUT2D eigenvalue weighted by Crippen LogP contribution is 2.59. The summed E-state index contributed by atoms with van der Waals surface area (Å²) in [5.41, 5.74) is 1.30. The molecule has 0 heterocycles. The van der Waals surface area contributed by atoms with Crippen molar-refractivity contribution < 1.29 is 28.4 Å². The molecule has 0 aromatic heterocycles. The van der Waals surface area contributed by atoms with Crippen LogP contribution in [0.5, 0.6) is 17.2 Å². The van der Waals surface area contributed by atoms with Crippen molar-refractivity contribution in [2.45, 2.75) is 12.8 Å². The van der Waals surface area contributed by atoms with Gasteiger partial charge in [0.15, 0.2) is 17.3 Å². The van der Waals surface area contributed by atoms with E-state index in [4.69, 9.17) is 18.7 Å². The molecule has 28 heavy (non-hydrogen) atoms. The van der Waals surface area contributed by atoms with Gasteiger partial charge in [0, 0.05) is 25.1 Å². The molecular formula is C20H28NO6P. The molecule has 0 spiro atoms. The minimum absolute atomic E-state index is 0.189. The van der Waals surface area contributed by atoms with Crippen molar-refractivity contribution in [3.05, 3.63) is 42.0 Å². The Morgan fingerprint density at radius 3 is 1.93 bits per heavy atom. The second-order valence-electron chi connectivity index (χ2n) is 6.26. The Labute approximate surface area is 166 Å². The fraction of sp³-hybridized carbons (Fsp3) is 0.400. The first kappa shape index (κ1) is 22.1. The van der Waals surface area contributed by atoms with Crippen LogP contribution in [0.15, 0.2) is 36.4 Å². The molecule has 0 unspecified atom stereocenters. The third-order valence-corrected chi connectivity index (χ3v) is 6.96. The number of hydrogen-bond donors (Lipinski definition) is 1. The largest absolute Gasteiger partial charge is 0.493 e. The zero-order valence-corrected chi connectivity index (χ0v) is 18.0. The van der Waals surface area contributed by atoms with Crippen LogP contribution in [-0.4, -0.2) is 47.1 Å². The summed E-state index contributed by atoms with van der Waals surface area (Å²) in [4.78, 5) is 1.94. The average Bonchev–Trinajstić information content (AvgIpc) is 2.72. The average molecular weight is 409 g/mol. The molecule has 0 fully saturated rings. The number of methoxy groups -OCH3 is 3. The molecule has 0 aliphatic carbocycles. The highest BCUT2D eigenvalue weighted by molar-refractivity contribution is 7.67. The van der Waals surface area contributed by atoms with Gasteiger partial charge in [-0.2, -0.15) is 0 Å². The van der Waals surface area contributed by atoms with Crippen LogP contribution in [0.3, 0.4) is 0 Å². The van der Waals surface area contributed by atoms with Crippen molar-refractivity contribution >= 4 is 18.4 Å². The molecule has 0 saturated carbocycles. The predicted molar refractivity (Wildman–Crippen MR) is 111 cm³/mol. The summed E-state index contributed by atoms with van der Waals surface area (Å²) < 4.78 is 35.4. The summed E-state index contributed by atoms with van der Waals surface area (Å²) in [6.45, 7) is 1.93. The zero-order valence-electron chi connectivity index (χ0n) is 17.1. The molecule has 2 aromatic carbocycles. The number of aliphatic hydroxyl groups excluding tert-OH is 1. The van der Waals surface area contributed by atoms with E-state index in [1.165, 1.54) is 21.3 Å². The van der Waals surface area contributed by atoms with Gasteiger partial charge in [-0.25, -0.2) is 0 Å². The van der Waals surface area contributed by atoms with E-state index in [9.17, 15) is 9.67 Å². The lowest BCUT2D eigenvalue weighted by molar-refractivity contribution is 0.217. The molecule has 0 aliphatic heterocycles. The van der Waals surface area contributed by atoms with Gasteiger partial charge in [0.05, 0.1) is 27.9 Å².